The van der Waals surface area contributed by atoms with Gasteiger partial charge in [-0.05, 0) is 67.6 Å². The summed E-state index contributed by atoms with van der Waals surface area (Å²) in [6.45, 7) is 6.06. The Kier molecular flexibility index (Phi) is 6.86. The molecule has 0 aromatic heterocycles. The highest BCUT2D eigenvalue weighted by Crippen LogP contribution is 2.36. The molecule has 2 fully saturated rings. The minimum absolute atomic E-state index is 0.223. The third-order valence-electron chi connectivity index (χ3n) is 6.52. The average molecular weight is 484 g/mol. The van der Waals surface area contributed by atoms with Crippen LogP contribution in [0.5, 0.6) is 0 Å². The lowest BCUT2D eigenvalue weighted by atomic mass is 10.0. The highest BCUT2D eigenvalue weighted by atomic mass is 35.5. The summed E-state index contributed by atoms with van der Waals surface area (Å²) in [4.78, 5) is 16.6. The molecule has 4 rings (SSSR count). The maximum Gasteiger partial charge on any atom is 0.417 e. The molecule has 1 N–H and O–H groups in total. The fourth-order valence-electron chi connectivity index (χ4n) is 4.79. The van der Waals surface area contributed by atoms with Crippen LogP contribution in [0.15, 0.2) is 36.4 Å². The number of benzene rings is 2. The van der Waals surface area contributed by atoms with E-state index in [1.165, 1.54) is 4.90 Å². The molecule has 2 unspecified atom stereocenters. The number of rotatable bonds is 6. The lowest BCUT2D eigenvalue weighted by Crippen LogP contribution is -2.34. The standard InChI is InChI=1S/C24H26ClF4N3O/c1-15-3-5-19(10-22(15)25)30-7-2-8-31-11-16-13-32(14-17(16)12-31)23(33)20-9-18(26)4-6-21(20)24(27,28)29/h3-6,9-10,16-17,30H,2,7-8,11-14H2,1H3. The smallest absolute Gasteiger partial charge is 0.385 e. The van der Waals surface area contributed by atoms with Crippen molar-refractivity contribution in [2.24, 2.45) is 11.8 Å². The van der Waals surface area contributed by atoms with Crippen molar-refractivity contribution >= 4 is 23.2 Å². The third kappa shape index (κ3) is 5.44. The Bertz CT molecular complexity index is 1020. The molecule has 2 saturated heterocycles. The highest BCUT2D eigenvalue weighted by molar-refractivity contribution is 6.31. The Hall–Kier alpha value is -2.32. The summed E-state index contributed by atoms with van der Waals surface area (Å²) in [5.41, 5.74) is 0.315. The van der Waals surface area contributed by atoms with Gasteiger partial charge >= 0.3 is 6.18 Å². The van der Waals surface area contributed by atoms with E-state index in [0.29, 0.717) is 25.2 Å². The molecule has 2 aromatic rings. The summed E-state index contributed by atoms with van der Waals surface area (Å²) >= 11 is 6.15. The van der Waals surface area contributed by atoms with Gasteiger partial charge < -0.3 is 15.1 Å². The number of nitrogens with zero attached hydrogens (tertiary/aromatic N) is 2. The normalized spacial score (nSPS) is 20.8. The van der Waals surface area contributed by atoms with Crippen LogP contribution in [-0.4, -0.2) is 55.0 Å². The van der Waals surface area contributed by atoms with Crippen molar-refractivity contribution in [3.63, 3.8) is 0 Å². The van der Waals surface area contributed by atoms with Gasteiger partial charge in [-0.1, -0.05) is 17.7 Å². The summed E-state index contributed by atoms with van der Waals surface area (Å²) in [7, 11) is 0. The number of alkyl halides is 3. The van der Waals surface area contributed by atoms with Crippen LogP contribution < -0.4 is 5.32 Å². The molecular weight excluding hydrogens is 458 g/mol. The molecule has 1 amide bonds. The zero-order chi connectivity index (χ0) is 23.8. The van der Waals surface area contributed by atoms with Gasteiger partial charge in [-0.3, -0.25) is 4.79 Å². The number of hydrogen-bond donors (Lipinski definition) is 1. The molecule has 2 aromatic carbocycles. The second kappa shape index (κ2) is 9.50. The molecule has 2 aliphatic heterocycles. The number of halogens is 5. The van der Waals surface area contributed by atoms with Gasteiger partial charge in [0, 0.05) is 43.4 Å². The van der Waals surface area contributed by atoms with Crippen LogP contribution in [0.4, 0.5) is 23.2 Å². The lowest BCUT2D eigenvalue weighted by molar-refractivity contribution is -0.138. The van der Waals surface area contributed by atoms with Gasteiger partial charge in [0.05, 0.1) is 11.1 Å². The number of amides is 1. The van der Waals surface area contributed by atoms with E-state index in [1.807, 2.05) is 25.1 Å². The molecular formula is C24H26ClF4N3O. The maximum atomic E-state index is 13.6. The number of likely N-dealkylation sites (tertiary alicyclic amines) is 2. The first kappa shape index (κ1) is 23.8. The van der Waals surface area contributed by atoms with Crippen molar-refractivity contribution in [2.75, 3.05) is 44.6 Å². The van der Waals surface area contributed by atoms with Crippen LogP contribution in [0.1, 0.15) is 27.9 Å². The Labute approximate surface area is 195 Å². The quantitative estimate of drug-likeness (QED) is 0.446. The number of anilines is 1. The van der Waals surface area contributed by atoms with Gasteiger partial charge in [0.1, 0.15) is 5.82 Å². The Morgan fingerprint density at radius 3 is 2.42 bits per heavy atom. The first-order valence-corrected chi connectivity index (χ1v) is 11.4. The van der Waals surface area contributed by atoms with E-state index < -0.39 is 29.0 Å². The highest BCUT2D eigenvalue weighted by Gasteiger charge is 2.43. The molecule has 0 bridgehead atoms. The van der Waals surface area contributed by atoms with Crippen LogP contribution in [0, 0.1) is 24.6 Å². The lowest BCUT2D eigenvalue weighted by Gasteiger charge is -2.23. The van der Waals surface area contributed by atoms with E-state index in [1.54, 1.807) is 0 Å². The Morgan fingerprint density at radius 2 is 1.79 bits per heavy atom. The van der Waals surface area contributed by atoms with Gasteiger partial charge in [0.25, 0.3) is 5.91 Å². The van der Waals surface area contributed by atoms with Crippen LogP contribution in [0.3, 0.4) is 0 Å². The van der Waals surface area contributed by atoms with Gasteiger partial charge in [-0.2, -0.15) is 13.2 Å². The van der Waals surface area contributed by atoms with Crippen molar-refractivity contribution in [3.05, 3.63) is 63.9 Å². The molecule has 0 radical (unpaired) electrons. The number of carbonyl (C=O) groups is 1. The number of carbonyl (C=O) groups excluding carboxylic acids is 1. The minimum Gasteiger partial charge on any atom is -0.385 e. The number of hydrogen-bond acceptors (Lipinski definition) is 3. The number of aryl methyl sites for hydroxylation is 1. The SMILES string of the molecule is Cc1ccc(NCCCN2CC3CN(C(=O)c4cc(F)ccc4C(F)(F)F)CC3C2)cc1Cl. The second-order valence-electron chi connectivity index (χ2n) is 8.92. The van der Waals surface area contributed by atoms with Crippen molar-refractivity contribution in [1.29, 1.82) is 0 Å². The summed E-state index contributed by atoms with van der Waals surface area (Å²) < 4.78 is 53.5. The van der Waals surface area contributed by atoms with Crippen molar-refractivity contribution in [3.8, 4) is 0 Å². The van der Waals surface area contributed by atoms with E-state index in [0.717, 1.165) is 54.9 Å². The fraction of sp³-hybridized carbons (Fsp3) is 0.458. The average Bonchev–Trinajstić information content (AvgIpc) is 3.31. The monoisotopic (exact) mass is 483 g/mol. The topological polar surface area (TPSA) is 35.6 Å². The Balaban J connectivity index is 1.27. The second-order valence-corrected chi connectivity index (χ2v) is 9.33. The van der Waals surface area contributed by atoms with E-state index in [-0.39, 0.29) is 11.8 Å². The van der Waals surface area contributed by atoms with Crippen LogP contribution in [-0.2, 0) is 6.18 Å². The zero-order valence-corrected chi connectivity index (χ0v) is 19.0. The zero-order valence-electron chi connectivity index (χ0n) is 18.3. The first-order valence-electron chi connectivity index (χ1n) is 11.0. The maximum absolute atomic E-state index is 13.6. The molecule has 4 nitrogen and oxygen atoms in total. The predicted molar refractivity (Wildman–Crippen MR) is 120 cm³/mol. The summed E-state index contributed by atoms with van der Waals surface area (Å²) in [5, 5.41) is 4.09. The van der Waals surface area contributed by atoms with E-state index in [4.69, 9.17) is 11.6 Å². The van der Waals surface area contributed by atoms with E-state index in [9.17, 15) is 22.4 Å². The van der Waals surface area contributed by atoms with E-state index >= 15 is 0 Å². The van der Waals surface area contributed by atoms with E-state index in [2.05, 4.69) is 10.2 Å². The van der Waals surface area contributed by atoms with Gasteiger partial charge in [0.2, 0.25) is 0 Å². The summed E-state index contributed by atoms with van der Waals surface area (Å²) in [5.74, 6) is -1.15. The van der Waals surface area contributed by atoms with Crippen LogP contribution in [0.25, 0.3) is 0 Å². The molecule has 2 heterocycles. The number of fused-ring (bicyclic) bond motifs is 1. The molecule has 0 aliphatic carbocycles. The van der Waals surface area contributed by atoms with Crippen LogP contribution in [0.2, 0.25) is 5.02 Å². The molecule has 9 heteroatoms. The van der Waals surface area contributed by atoms with Gasteiger partial charge in [-0.25, -0.2) is 4.39 Å². The predicted octanol–water partition coefficient (Wildman–Crippen LogP) is 5.31. The minimum atomic E-state index is -4.71. The third-order valence-corrected chi connectivity index (χ3v) is 6.93. The van der Waals surface area contributed by atoms with Gasteiger partial charge in [-0.15, -0.1) is 0 Å². The van der Waals surface area contributed by atoms with Crippen molar-refractivity contribution < 1.29 is 22.4 Å². The molecule has 0 spiro atoms. The molecule has 178 valence electrons. The van der Waals surface area contributed by atoms with Crippen molar-refractivity contribution in [2.45, 2.75) is 19.5 Å². The first-order chi connectivity index (χ1) is 15.6. The molecule has 2 atom stereocenters. The fourth-order valence-corrected chi connectivity index (χ4v) is 4.97. The van der Waals surface area contributed by atoms with Crippen molar-refractivity contribution in [1.82, 2.24) is 9.80 Å². The van der Waals surface area contributed by atoms with Crippen LogP contribution >= 0.6 is 11.6 Å². The van der Waals surface area contributed by atoms with Gasteiger partial charge in [0.15, 0.2) is 0 Å². The molecule has 0 saturated carbocycles. The summed E-state index contributed by atoms with van der Waals surface area (Å²) in [6, 6.07) is 7.94. The summed E-state index contributed by atoms with van der Waals surface area (Å²) in [6.07, 6.45) is -3.77. The largest absolute Gasteiger partial charge is 0.417 e. The molecule has 33 heavy (non-hydrogen) atoms. The molecule has 2 aliphatic rings. The number of nitrogens with one attached hydrogen (secondary N) is 1. The Morgan fingerprint density at radius 1 is 1.09 bits per heavy atom.